The van der Waals surface area contributed by atoms with Gasteiger partial charge < -0.3 is 9.72 Å². The largest absolute Gasteiger partial charge is 0.495 e. The zero-order valence-corrected chi connectivity index (χ0v) is 17.6. The average Bonchev–Trinajstić information content (AvgIpc) is 3.55. The zero-order valence-electron chi connectivity index (χ0n) is 16.8. The van der Waals surface area contributed by atoms with Crippen LogP contribution in [-0.2, 0) is 0 Å². The predicted octanol–water partition coefficient (Wildman–Crippen LogP) is 5.44. The molecule has 0 amide bonds. The quantitative estimate of drug-likeness (QED) is 0.379. The van der Waals surface area contributed by atoms with Crippen LogP contribution >= 0.6 is 11.3 Å². The lowest BCUT2D eigenvalue weighted by molar-refractivity contribution is 0.413. The van der Waals surface area contributed by atoms with Gasteiger partial charge in [0.05, 0.1) is 35.6 Å². The molecular formula is C23H15FN6OS. The summed E-state index contributed by atoms with van der Waals surface area (Å²) in [4.78, 5) is 18.0. The first-order valence-corrected chi connectivity index (χ1v) is 10.6. The number of rotatable bonds is 4. The summed E-state index contributed by atoms with van der Waals surface area (Å²) in [5, 5.41) is 7.25. The molecule has 32 heavy (non-hydrogen) atoms. The Morgan fingerprint density at radius 3 is 2.75 bits per heavy atom. The van der Waals surface area contributed by atoms with Crippen LogP contribution in [0.15, 0.2) is 60.9 Å². The molecule has 6 rings (SSSR count). The van der Waals surface area contributed by atoms with Gasteiger partial charge in [-0.2, -0.15) is 9.49 Å². The minimum atomic E-state index is -0.227. The van der Waals surface area contributed by atoms with Crippen LogP contribution < -0.4 is 4.74 Å². The van der Waals surface area contributed by atoms with E-state index < -0.39 is 0 Å². The van der Waals surface area contributed by atoms with Crippen LogP contribution in [0, 0.1) is 5.13 Å². The molecule has 0 saturated heterocycles. The number of pyridine rings is 2. The molecule has 1 aromatic carbocycles. The van der Waals surface area contributed by atoms with Crippen molar-refractivity contribution in [1.82, 2.24) is 30.1 Å². The van der Waals surface area contributed by atoms with Gasteiger partial charge in [-0.25, -0.2) is 9.97 Å². The van der Waals surface area contributed by atoms with E-state index in [-0.39, 0.29) is 5.13 Å². The maximum atomic E-state index is 13.6. The summed E-state index contributed by atoms with van der Waals surface area (Å²) in [6.45, 7) is 0. The van der Waals surface area contributed by atoms with Gasteiger partial charge in [0, 0.05) is 22.2 Å². The molecule has 0 saturated carbocycles. The lowest BCUT2D eigenvalue weighted by Crippen LogP contribution is -1.89. The van der Waals surface area contributed by atoms with E-state index in [0.29, 0.717) is 22.8 Å². The van der Waals surface area contributed by atoms with E-state index in [4.69, 9.17) is 14.7 Å². The number of benzene rings is 1. The Hall–Kier alpha value is -4.11. The smallest absolute Gasteiger partial charge is 0.176 e. The number of aromatic amines is 2. The molecule has 5 heterocycles. The molecule has 0 aliphatic heterocycles. The van der Waals surface area contributed by atoms with Gasteiger partial charge in [0.15, 0.2) is 16.6 Å². The van der Waals surface area contributed by atoms with Crippen molar-refractivity contribution in [2.75, 3.05) is 7.11 Å². The molecule has 0 aliphatic carbocycles. The lowest BCUT2D eigenvalue weighted by atomic mass is 10.1. The van der Waals surface area contributed by atoms with Gasteiger partial charge in [-0.05, 0) is 36.4 Å². The summed E-state index contributed by atoms with van der Waals surface area (Å²) < 4.78 is 18.9. The van der Waals surface area contributed by atoms with Crippen molar-refractivity contribution in [3.05, 3.63) is 66.1 Å². The SMILES string of the molecule is COc1cncc(-c2ccc3[nH]nc(-c4nc5c(-c6ccc(F)s6)cccc5[nH]4)c3n2)c1. The number of hydrogen-bond donors (Lipinski definition) is 2. The van der Waals surface area contributed by atoms with E-state index in [1.807, 2.05) is 36.4 Å². The highest BCUT2D eigenvalue weighted by Gasteiger charge is 2.17. The summed E-state index contributed by atoms with van der Waals surface area (Å²) in [7, 11) is 1.60. The zero-order chi connectivity index (χ0) is 21.7. The Bertz CT molecular complexity index is 1600. The maximum Gasteiger partial charge on any atom is 0.176 e. The molecule has 6 aromatic rings. The molecular weight excluding hydrogens is 427 g/mol. The summed E-state index contributed by atoms with van der Waals surface area (Å²) in [6, 6.07) is 14.7. The number of hydrogen-bond acceptors (Lipinski definition) is 6. The fraction of sp³-hybridized carbons (Fsp3) is 0.0435. The third-order valence-electron chi connectivity index (χ3n) is 5.23. The van der Waals surface area contributed by atoms with Crippen LogP contribution in [0.5, 0.6) is 5.75 Å². The minimum absolute atomic E-state index is 0.227. The molecule has 0 aliphatic rings. The standard InChI is InChI=1S/C23H15FN6OS/c1-31-13-9-12(10-25-11-13)15-5-6-17-21(26-15)22(30-29-17)23-27-16-4-2-3-14(20(16)28-23)18-7-8-19(24)32-18/h2-11H,1H3,(H,27,28)(H,29,30). The number of methoxy groups -OCH3 is 1. The van der Waals surface area contributed by atoms with E-state index in [2.05, 4.69) is 20.2 Å². The Morgan fingerprint density at radius 1 is 0.969 bits per heavy atom. The summed E-state index contributed by atoms with van der Waals surface area (Å²) in [5.74, 6) is 1.25. The fourth-order valence-corrected chi connectivity index (χ4v) is 4.45. The second-order valence-corrected chi connectivity index (χ2v) is 8.20. The average molecular weight is 442 g/mol. The predicted molar refractivity (Wildman–Crippen MR) is 122 cm³/mol. The van der Waals surface area contributed by atoms with Crippen molar-refractivity contribution in [3.63, 3.8) is 0 Å². The van der Waals surface area contributed by atoms with Crippen LogP contribution in [0.3, 0.4) is 0 Å². The minimum Gasteiger partial charge on any atom is -0.495 e. The molecule has 0 bridgehead atoms. The van der Waals surface area contributed by atoms with E-state index in [1.165, 1.54) is 6.07 Å². The summed E-state index contributed by atoms with van der Waals surface area (Å²) in [5.41, 5.74) is 6.15. The topological polar surface area (TPSA) is 92.4 Å². The van der Waals surface area contributed by atoms with Crippen molar-refractivity contribution in [2.24, 2.45) is 0 Å². The molecule has 5 aromatic heterocycles. The number of para-hydroxylation sites is 1. The van der Waals surface area contributed by atoms with Gasteiger partial charge in [-0.3, -0.25) is 10.1 Å². The first kappa shape index (κ1) is 18.6. The molecule has 2 N–H and O–H groups in total. The number of H-pyrrole nitrogens is 2. The normalized spacial score (nSPS) is 11.4. The van der Waals surface area contributed by atoms with Gasteiger partial charge in [0.2, 0.25) is 0 Å². The molecule has 0 atom stereocenters. The van der Waals surface area contributed by atoms with Crippen molar-refractivity contribution < 1.29 is 9.13 Å². The second kappa shape index (κ2) is 7.24. The molecule has 9 heteroatoms. The van der Waals surface area contributed by atoms with Crippen molar-refractivity contribution in [1.29, 1.82) is 0 Å². The van der Waals surface area contributed by atoms with E-state index in [1.54, 1.807) is 25.6 Å². The Labute approximate surface area is 185 Å². The number of ether oxygens (including phenoxy) is 1. The Kier molecular flexibility index (Phi) is 4.22. The molecule has 0 radical (unpaired) electrons. The number of nitrogens with one attached hydrogen (secondary N) is 2. The van der Waals surface area contributed by atoms with E-state index in [9.17, 15) is 4.39 Å². The maximum absolute atomic E-state index is 13.6. The van der Waals surface area contributed by atoms with Gasteiger partial charge in [-0.15, -0.1) is 11.3 Å². The Morgan fingerprint density at radius 2 is 1.91 bits per heavy atom. The van der Waals surface area contributed by atoms with Crippen LogP contribution in [0.4, 0.5) is 4.39 Å². The van der Waals surface area contributed by atoms with E-state index in [0.717, 1.165) is 49.6 Å². The van der Waals surface area contributed by atoms with Crippen molar-refractivity contribution in [2.45, 2.75) is 0 Å². The van der Waals surface area contributed by atoms with E-state index >= 15 is 0 Å². The Balaban J connectivity index is 1.49. The van der Waals surface area contributed by atoms with Gasteiger partial charge >= 0.3 is 0 Å². The number of imidazole rings is 1. The first-order chi connectivity index (χ1) is 15.7. The molecule has 0 fully saturated rings. The second-order valence-electron chi connectivity index (χ2n) is 7.17. The monoisotopic (exact) mass is 442 g/mol. The highest BCUT2D eigenvalue weighted by Crippen LogP contribution is 2.34. The number of halogens is 1. The molecule has 0 unspecified atom stereocenters. The number of thiophene rings is 1. The molecule has 7 nitrogen and oxygen atoms in total. The first-order valence-electron chi connectivity index (χ1n) is 9.79. The van der Waals surface area contributed by atoms with Gasteiger partial charge in [0.25, 0.3) is 0 Å². The van der Waals surface area contributed by atoms with Gasteiger partial charge in [-0.1, -0.05) is 12.1 Å². The van der Waals surface area contributed by atoms with Crippen LogP contribution in [0.1, 0.15) is 0 Å². The highest BCUT2D eigenvalue weighted by atomic mass is 32.1. The van der Waals surface area contributed by atoms with Crippen molar-refractivity contribution >= 4 is 33.4 Å². The van der Waals surface area contributed by atoms with Crippen LogP contribution in [0.25, 0.3) is 55.3 Å². The molecule has 0 spiro atoms. The van der Waals surface area contributed by atoms with Gasteiger partial charge in [0.1, 0.15) is 11.3 Å². The van der Waals surface area contributed by atoms with Crippen LogP contribution in [0.2, 0.25) is 0 Å². The third-order valence-corrected chi connectivity index (χ3v) is 6.13. The summed E-state index contributed by atoms with van der Waals surface area (Å²) in [6.07, 6.45) is 3.39. The third kappa shape index (κ3) is 3.02. The summed E-state index contributed by atoms with van der Waals surface area (Å²) >= 11 is 1.10. The van der Waals surface area contributed by atoms with Crippen LogP contribution in [-0.4, -0.2) is 37.2 Å². The van der Waals surface area contributed by atoms with Crippen molar-refractivity contribution in [3.8, 4) is 39.0 Å². The number of fused-ring (bicyclic) bond motifs is 2. The number of aromatic nitrogens is 6. The number of nitrogens with zero attached hydrogens (tertiary/aromatic N) is 4. The highest BCUT2D eigenvalue weighted by molar-refractivity contribution is 7.14. The molecule has 156 valence electrons. The lowest BCUT2D eigenvalue weighted by Gasteiger charge is -2.03. The fourth-order valence-electron chi connectivity index (χ4n) is 3.70.